The number of allylic oxidation sites excluding steroid dienone is 1. The Kier molecular flexibility index (Phi) is 3.07. The molecule has 1 aromatic heterocycles. The zero-order valence-corrected chi connectivity index (χ0v) is 8.27. The Bertz CT molecular complexity index is 390. The highest BCUT2D eigenvalue weighted by atomic mass is 32.3. The molecule has 0 bridgehead atoms. The summed E-state index contributed by atoms with van der Waals surface area (Å²) in [5.74, 6) is 0.160. The fourth-order valence-electron chi connectivity index (χ4n) is 0.796. The summed E-state index contributed by atoms with van der Waals surface area (Å²) in [6.45, 7) is 3.51. The predicted octanol–water partition coefficient (Wildman–Crippen LogP) is 1.66. The quantitative estimate of drug-likeness (QED) is 0.619. The molecule has 0 radical (unpaired) electrons. The fraction of sp³-hybridized carbons (Fsp3) is 0.143. The third-order valence-corrected chi connectivity index (χ3v) is 2.54. The molecular weight excluding hydrogens is 212 g/mol. The van der Waals surface area contributed by atoms with Gasteiger partial charge in [0.1, 0.15) is 0 Å². The van der Waals surface area contributed by atoms with Crippen LogP contribution in [0.15, 0.2) is 24.1 Å². The van der Waals surface area contributed by atoms with Gasteiger partial charge in [-0.05, 0) is 11.4 Å². The summed E-state index contributed by atoms with van der Waals surface area (Å²) in [6, 6.07) is 1.48. The van der Waals surface area contributed by atoms with Crippen LogP contribution in [0.1, 0.15) is 4.88 Å². The molecule has 1 rings (SSSR count). The van der Waals surface area contributed by atoms with Crippen molar-refractivity contribution in [2.45, 2.75) is 6.42 Å². The molecule has 1 N–H and O–H groups in total. The minimum Gasteiger partial charge on any atom is -0.361 e. The van der Waals surface area contributed by atoms with Crippen LogP contribution in [0.25, 0.3) is 0 Å². The van der Waals surface area contributed by atoms with Crippen LogP contribution in [-0.2, 0) is 16.8 Å². The Morgan fingerprint density at radius 3 is 2.92 bits per heavy atom. The third-order valence-electron chi connectivity index (χ3n) is 1.23. The van der Waals surface area contributed by atoms with Crippen molar-refractivity contribution in [2.75, 3.05) is 0 Å². The van der Waals surface area contributed by atoms with Crippen LogP contribution < -0.4 is 4.18 Å². The summed E-state index contributed by atoms with van der Waals surface area (Å²) in [6.07, 6.45) is 2.14. The lowest BCUT2D eigenvalue weighted by molar-refractivity contribution is 0.386. The standard InChI is InChI=1S/C7H8O4S2/c1-2-3-7-6(4-5-12-7)11-13(8,9)10/h2,4-5H,1,3H2,(H,8,9,10). The molecule has 13 heavy (non-hydrogen) atoms. The van der Waals surface area contributed by atoms with Crippen LogP contribution in [0.5, 0.6) is 5.75 Å². The highest BCUT2D eigenvalue weighted by Gasteiger charge is 2.11. The second-order valence-corrected chi connectivity index (χ2v) is 4.23. The third kappa shape index (κ3) is 3.17. The molecule has 72 valence electrons. The molecule has 0 fully saturated rings. The van der Waals surface area contributed by atoms with Gasteiger partial charge in [-0.3, -0.25) is 4.55 Å². The minimum atomic E-state index is -4.42. The Balaban J connectivity index is 2.88. The van der Waals surface area contributed by atoms with Crippen molar-refractivity contribution < 1.29 is 17.2 Å². The van der Waals surface area contributed by atoms with E-state index in [0.717, 1.165) is 0 Å². The molecule has 0 saturated carbocycles. The minimum absolute atomic E-state index is 0.160. The molecule has 0 aliphatic heterocycles. The van der Waals surface area contributed by atoms with Crippen LogP contribution >= 0.6 is 11.3 Å². The topological polar surface area (TPSA) is 63.6 Å². The molecule has 0 aliphatic carbocycles. The Labute approximate surface area is 80.4 Å². The molecule has 0 aromatic carbocycles. The van der Waals surface area contributed by atoms with Gasteiger partial charge in [0, 0.05) is 6.42 Å². The summed E-state index contributed by atoms with van der Waals surface area (Å²) < 4.78 is 33.5. The first-order valence-corrected chi connectivity index (χ1v) is 5.61. The zero-order valence-electron chi connectivity index (χ0n) is 6.63. The van der Waals surface area contributed by atoms with Crippen molar-refractivity contribution in [2.24, 2.45) is 0 Å². The lowest BCUT2D eigenvalue weighted by Gasteiger charge is -2.00. The fourth-order valence-corrected chi connectivity index (χ4v) is 2.03. The van der Waals surface area contributed by atoms with Gasteiger partial charge >= 0.3 is 10.4 Å². The summed E-state index contributed by atoms with van der Waals surface area (Å²) in [5, 5.41) is 1.68. The predicted molar refractivity (Wildman–Crippen MR) is 50.4 cm³/mol. The van der Waals surface area contributed by atoms with E-state index in [-0.39, 0.29) is 5.75 Å². The van der Waals surface area contributed by atoms with E-state index in [0.29, 0.717) is 11.3 Å². The van der Waals surface area contributed by atoms with Crippen molar-refractivity contribution in [3.8, 4) is 5.75 Å². The zero-order chi connectivity index (χ0) is 9.90. The molecule has 0 spiro atoms. The summed E-state index contributed by atoms with van der Waals surface area (Å²) in [5.41, 5.74) is 0. The largest absolute Gasteiger partial charge is 0.446 e. The Morgan fingerprint density at radius 1 is 1.69 bits per heavy atom. The lowest BCUT2D eigenvalue weighted by atomic mass is 10.3. The van der Waals surface area contributed by atoms with Crippen molar-refractivity contribution in [1.29, 1.82) is 0 Å². The van der Waals surface area contributed by atoms with E-state index in [1.165, 1.54) is 17.4 Å². The van der Waals surface area contributed by atoms with Gasteiger partial charge in [0.15, 0.2) is 5.75 Å². The molecule has 1 aromatic rings. The second-order valence-electron chi connectivity index (χ2n) is 2.21. The first-order valence-electron chi connectivity index (χ1n) is 3.37. The van der Waals surface area contributed by atoms with Crippen LogP contribution in [0.2, 0.25) is 0 Å². The van der Waals surface area contributed by atoms with Crippen molar-refractivity contribution in [3.05, 3.63) is 29.0 Å². The van der Waals surface area contributed by atoms with Gasteiger partial charge in [-0.15, -0.1) is 17.9 Å². The maximum absolute atomic E-state index is 10.4. The van der Waals surface area contributed by atoms with Gasteiger partial charge in [-0.25, -0.2) is 0 Å². The van der Waals surface area contributed by atoms with E-state index in [1.807, 2.05) is 0 Å². The smallest absolute Gasteiger partial charge is 0.361 e. The molecule has 6 heteroatoms. The number of rotatable bonds is 4. The highest BCUT2D eigenvalue weighted by molar-refractivity contribution is 7.81. The molecule has 0 atom stereocenters. The average Bonchev–Trinajstić information content (AvgIpc) is 2.34. The summed E-state index contributed by atoms with van der Waals surface area (Å²) >= 11 is 1.34. The van der Waals surface area contributed by atoms with E-state index in [4.69, 9.17) is 4.55 Å². The average molecular weight is 220 g/mol. The highest BCUT2D eigenvalue weighted by Crippen LogP contribution is 2.26. The SMILES string of the molecule is C=CCc1sccc1OS(=O)(=O)O. The van der Waals surface area contributed by atoms with E-state index >= 15 is 0 Å². The molecule has 1 heterocycles. The van der Waals surface area contributed by atoms with E-state index in [9.17, 15) is 8.42 Å². The number of thiophene rings is 1. The van der Waals surface area contributed by atoms with E-state index in [2.05, 4.69) is 10.8 Å². The summed E-state index contributed by atoms with van der Waals surface area (Å²) in [4.78, 5) is 0.715. The molecular formula is C7H8O4S2. The maximum Gasteiger partial charge on any atom is 0.446 e. The van der Waals surface area contributed by atoms with E-state index in [1.54, 1.807) is 11.5 Å². The molecule has 4 nitrogen and oxygen atoms in total. The summed E-state index contributed by atoms with van der Waals surface area (Å²) in [7, 11) is -4.42. The van der Waals surface area contributed by atoms with Gasteiger partial charge in [-0.2, -0.15) is 8.42 Å². The van der Waals surface area contributed by atoms with Gasteiger partial charge in [0.2, 0.25) is 0 Å². The van der Waals surface area contributed by atoms with Gasteiger partial charge in [0.05, 0.1) is 4.88 Å². The number of hydrogen-bond donors (Lipinski definition) is 1. The second kappa shape index (κ2) is 3.91. The first-order chi connectivity index (χ1) is 6.03. The molecule has 0 unspecified atom stereocenters. The van der Waals surface area contributed by atoms with Gasteiger partial charge < -0.3 is 4.18 Å². The monoisotopic (exact) mass is 220 g/mol. The van der Waals surface area contributed by atoms with Crippen LogP contribution in [0.3, 0.4) is 0 Å². The van der Waals surface area contributed by atoms with Crippen LogP contribution in [0, 0.1) is 0 Å². The Hall–Kier alpha value is -0.850. The normalized spacial score (nSPS) is 11.2. The van der Waals surface area contributed by atoms with Crippen molar-refractivity contribution in [1.82, 2.24) is 0 Å². The first kappa shape index (κ1) is 10.2. The van der Waals surface area contributed by atoms with E-state index < -0.39 is 10.4 Å². The molecule has 0 amide bonds. The molecule has 0 aliphatic rings. The van der Waals surface area contributed by atoms with Gasteiger partial charge in [-0.1, -0.05) is 6.08 Å². The van der Waals surface area contributed by atoms with Crippen LogP contribution in [-0.4, -0.2) is 13.0 Å². The number of hydrogen-bond acceptors (Lipinski definition) is 4. The van der Waals surface area contributed by atoms with Gasteiger partial charge in [0.25, 0.3) is 0 Å². The maximum atomic E-state index is 10.4. The van der Waals surface area contributed by atoms with Crippen molar-refractivity contribution in [3.63, 3.8) is 0 Å². The van der Waals surface area contributed by atoms with Crippen molar-refractivity contribution >= 4 is 21.7 Å². The molecule has 0 saturated heterocycles. The lowest BCUT2D eigenvalue weighted by Crippen LogP contribution is -2.06. The van der Waals surface area contributed by atoms with Crippen LogP contribution in [0.4, 0.5) is 0 Å². The Morgan fingerprint density at radius 2 is 2.38 bits per heavy atom.